The van der Waals surface area contributed by atoms with Crippen LogP contribution >= 0.6 is 0 Å². The first kappa shape index (κ1) is 25.8. The minimum absolute atomic E-state index is 0.0337. The maximum absolute atomic E-state index is 13.3. The van der Waals surface area contributed by atoms with E-state index in [0.29, 0.717) is 30.6 Å². The van der Waals surface area contributed by atoms with Crippen LogP contribution in [0.2, 0.25) is 0 Å². The van der Waals surface area contributed by atoms with E-state index in [-0.39, 0.29) is 24.4 Å². The lowest BCUT2D eigenvalue weighted by molar-refractivity contribution is -0.158. The van der Waals surface area contributed by atoms with Crippen molar-refractivity contribution in [1.29, 1.82) is 5.41 Å². The Labute approximate surface area is 206 Å². The summed E-state index contributed by atoms with van der Waals surface area (Å²) in [6.07, 6.45) is 0.705. The maximum Gasteiger partial charge on any atom is 0.337 e. The topological polar surface area (TPSA) is 118 Å². The number of amidine groups is 1. The number of carbonyl (C=O) groups is 2. The van der Waals surface area contributed by atoms with Crippen LogP contribution in [-0.2, 0) is 14.3 Å². The zero-order valence-corrected chi connectivity index (χ0v) is 20.4. The van der Waals surface area contributed by atoms with E-state index < -0.39 is 12.1 Å². The quantitative estimate of drug-likeness (QED) is 0.233. The van der Waals surface area contributed by atoms with Gasteiger partial charge in [-0.05, 0) is 74.7 Å². The molecule has 0 spiro atoms. The molecule has 0 bridgehead atoms. The molecule has 2 atom stereocenters. The number of amides is 1. The van der Waals surface area contributed by atoms with Crippen LogP contribution in [0.25, 0.3) is 0 Å². The summed E-state index contributed by atoms with van der Waals surface area (Å²) in [6, 6.07) is 12.4. The highest BCUT2D eigenvalue weighted by molar-refractivity contribution is 5.97. The molecule has 184 valence electrons. The van der Waals surface area contributed by atoms with Crippen molar-refractivity contribution in [3.8, 4) is 11.8 Å². The van der Waals surface area contributed by atoms with E-state index in [0.717, 1.165) is 23.2 Å². The van der Waals surface area contributed by atoms with E-state index in [9.17, 15) is 9.59 Å². The molecule has 8 nitrogen and oxygen atoms in total. The van der Waals surface area contributed by atoms with Crippen molar-refractivity contribution in [1.82, 2.24) is 4.90 Å². The monoisotopic (exact) mass is 476 g/mol. The molecule has 2 unspecified atom stereocenters. The lowest BCUT2D eigenvalue weighted by Gasteiger charge is -2.30. The van der Waals surface area contributed by atoms with E-state index >= 15 is 0 Å². The number of benzene rings is 2. The number of methoxy groups -OCH3 is 1. The van der Waals surface area contributed by atoms with Crippen LogP contribution in [0.5, 0.6) is 0 Å². The number of nitrogens with one attached hydrogen (secondary N) is 2. The van der Waals surface area contributed by atoms with Gasteiger partial charge in [0.1, 0.15) is 5.84 Å². The zero-order valence-electron chi connectivity index (χ0n) is 20.4. The van der Waals surface area contributed by atoms with Gasteiger partial charge in [-0.2, -0.15) is 0 Å². The van der Waals surface area contributed by atoms with Gasteiger partial charge in [-0.15, -0.1) is 0 Å². The lowest BCUT2D eigenvalue weighted by atomic mass is 10.0. The molecule has 4 N–H and O–H groups in total. The summed E-state index contributed by atoms with van der Waals surface area (Å²) in [7, 11) is 1.47. The highest BCUT2D eigenvalue weighted by Crippen LogP contribution is 2.26. The molecule has 0 aromatic heterocycles. The number of nitrogens with zero attached hydrogens (tertiary/aromatic N) is 1. The summed E-state index contributed by atoms with van der Waals surface area (Å²) in [4.78, 5) is 27.4. The fraction of sp³-hybridized carbons (Fsp3) is 0.370. The Kier molecular flexibility index (Phi) is 8.87. The van der Waals surface area contributed by atoms with Gasteiger partial charge in [0.05, 0.1) is 19.2 Å². The Bertz CT molecular complexity index is 1130. The molecule has 0 aliphatic carbocycles. The highest BCUT2D eigenvalue weighted by atomic mass is 16.6. The summed E-state index contributed by atoms with van der Waals surface area (Å²) in [5.41, 5.74) is 9.25. The summed E-state index contributed by atoms with van der Waals surface area (Å²) in [6.45, 7) is 4.92. The van der Waals surface area contributed by atoms with Crippen LogP contribution in [0.15, 0.2) is 42.5 Å². The maximum atomic E-state index is 13.3. The summed E-state index contributed by atoms with van der Waals surface area (Å²) in [5.74, 6) is 5.67. The Morgan fingerprint density at radius 2 is 2.00 bits per heavy atom. The Morgan fingerprint density at radius 1 is 1.26 bits per heavy atom. The second kappa shape index (κ2) is 12.0. The SMILES string of the molecule is CCOC(=O)C(OC)C1CCCN1C(=O)c1ccc(C#CCNc2ccc(C(=N)N)cc2)cc1C. The fourth-order valence-corrected chi connectivity index (χ4v) is 4.19. The van der Waals surface area contributed by atoms with Crippen molar-refractivity contribution < 1.29 is 19.1 Å². The van der Waals surface area contributed by atoms with Crippen LogP contribution in [0.1, 0.15) is 46.8 Å². The van der Waals surface area contributed by atoms with Crippen LogP contribution in [0, 0.1) is 24.2 Å². The van der Waals surface area contributed by atoms with Crippen LogP contribution in [-0.4, -0.2) is 61.6 Å². The van der Waals surface area contributed by atoms with Gasteiger partial charge in [0.2, 0.25) is 0 Å². The van der Waals surface area contributed by atoms with Crippen molar-refractivity contribution in [3.05, 3.63) is 64.7 Å². The first-order valence-electron chi connectivity index (χ1n) is 11.6. The average molecular weight is 477 g/mol. The van der Waals surface area contributed by atoms with Gasteiger partial charge in [-0.1, -0.05) is 11.8 Å². The normalized spacial score (nSPS) is 15.6. The van der Waals surface area contributed by atoms with Gasteiger partial charge >= 0.3 is 5.97 Å². The van der Waals surface area contributed by atoms with Gasteiger partial charge in [-0.3, -0.25) is 10.2 Å². The third kappa shape index (κ3) is 6.40. The molecule has 2 aromatic carbocycles. The molecule has 35 heavy (non-hydrogen) atoms. The number of ether oxygens (including phenoxy) is 2. The third-order valence-corrected chi connectivity index (χ3v) is 5.95. The van der Waals surface area contributed by atoms with Crippen molar-refractivity contribution in [3.63, 3.8) is 0 Å². The van der Waals surface area contributed by atoms with Crippen molar-refractivity contribution in [2.75, 3.05) is 32.1 Å². The first-order chi connectivity index (χ1) is 16.8. The fourth-order valence-electron chi connectivity index (χ4n) is 4.19. The van der Waals surface area contributed by atoms with E-state index in [2.05, 4.69) is 17.2 Å². The third-order valence-electron chi connectivity index (χ3n) is 5.95. The van der Waals surface area contributed by atoms with Crippen LogP contribution in [0.3, 0.4) is 0 Å². The molecule has 1 fully saturated rings. The smallest absolute Gasteiger partial charge is 0.337 e. The van der Waals surface area contributed by atoms with E-state index in [1.165, 1.54) is 7.11 Å². The van der Waals surface area contributed by atoms with Gasteiger partial charge in [-0.25, -0.2) is 4.79 Å². The number of likely N-dealkylation sites (tertiary alicyclic amines) is 1. The molecule has 2 aromatic rings. The number of anilines is 1. The number of carbonyl (C=O) groups excluding carboxylic acids is 2. The molecule has 3 rings (SSSR count). The Balaban J connectivity index is 1.65. The molecular weight excluding hydrogens is 444 g/mol. The largest absolute Gasteiger partial charge is 0.464 e. The van der Waals surface area contributed by atoms with Gasteiger partial charge in [0.15, 0.2) is 6.10 Å². The first-order valence-corrected chi connectivity index (χ1v) is 11.6. The zero-order chi connectivity index (χ0) is 25.4. The lowest BCUT2D eigenvalue weighted by Crippen LogP contribution is -2.47. The van der Waals surface area contributed by atoms with E-state index in [4.69, 9.17) is 20.6 Å². The van der Waals surface area contributed by atoms with Gasteiger partial charge in [0.25, 0.3) is 5.91 Å². The molecule has 1 aliphatic rings. The molecule has 1 heterocycles. The summed E-state index contributed by atoms with van der Waals surface area (Å²) >= 11 is 0. The number of esters is 1. The molecule has 8 heteroatoms. The number of nitrogens with two attached hydrogens (primary N) is 1. The molecular formula is C27H32N4O4. The highest BCUT2D eigenvalue weighted by Gasteiger charge is 2.40. The summed E-state index contributed by atoms with van der Waals surface area (Å²) < 4.78 is 10.5. The number of nitrogen functional groups attached to an aromatic ring is 1. The number of hydrogen-bond donors (Lipinski definition) is 3. The Morgan fingerprint density at radius 3 is 2.63 bits per heavy atom. The van der Waals surface area contributed by atoms with Gasteiger partial charge in [0, 0.05) is 36.0 Å². The van der Waals surface area contributed by atoms with Crippen LogP contribution in [0.4, 0.5) is 5.69 Å². The average Bonchev–Trinajstić information content (AvgIpc) is 3.32. The Hall–Kier alpha value is -3.83. The van der Waals surface area contributed by atoms with Crippen molar-refractivity contribution in [2.24, 2.45) is 5.73 Å². The van der Waals surface area contributed by atoms with E-state index in [1.807, 2.05) is 31.2 Å². The molecule has 0 saturated carbocycles. The van der Waals surface area contributed by atoms with Gasteiger partial charge < -0.3 is 25.4 Å². The molecule has 0 radical (unpaired) electrons. The predicted molar refractivity (Wildman–Crippen MR) is 135 cm³/mol. The van der Waals surface area contributed by atoms with Crippen LogP contribution < -0.4 is 11.1 Å². The minimum atomic E-state index is -0.794. The second-order valence-electron chi connectivity index (χ2n) is 8.29. The molecule has 1 saturated heterocycles. The number of aryl methyl sites for hydroxylation is 1. The van der Waals surface area contributed by atoms with Crippen molar-refractivity contribution in [2.45, 2.75) is 38.8 Å². The standard InChI is InChI=1S/C27H32N4O4/c1-4-35-27(33)24(34-3)23-8-6-16-31(23)26(32)22-14-9-19(17-18(22)2)7-5-15-30-21-12-10-20(11-13-21)25(28)29/h9-14,17,23-24,30H,4,6,8,15-16H2,1-3H3,(H3,28,29). The number of hydrogen-bond acceptors (Lipinski definition) is 6. The second-order valence-corrected chi connectivity index (χ2v) is 8.29. The predicted octanol–water partition coefficient (Wildman–Crippen LogP) is 2.93. The summed E-state index contributed by atoms with van der Waals surface area (Å²) in [5, 5.41) is 10.6. The molecule has 1 amide bonds. The van der Waals surface area contributed by atoms with E-state index in [1.54, 1.807) is 30.0 Å². The number of rotatable bonds is 8. The van der Waals surface area contributed by atoms with Crippen molar-refractivity contribution >= 4 is 23.4 Å². The molecule has 1 aliphatic heterocycles. The minimum Gasteiger partial charge on any atom is -0.464 e.